The van der Waals surface area contributed by atoms with Crippen molar-refractivity contribution in [2.24, 2.45) is 0 Å². The van der Waals surface area contributed by atoms with E-state index in [1.54, 1.807) is 18.4 Å². The molecule has 0 unspecified atom stereocenters. The number of benzene rings is 1. The van der Waals surface area contributed by atoms with E-state index in [0.29, 0.717) is 0 Å². The van der Waals surface area contributed by atoms with Crippen LogP contribution in [0.15, 0.2) is 30.3 Å². The van der Waals surface area contributed by atoms with Gasteiger partial charge in [0, 0.05) is 17.6 Å². The number of aryl methyl sites for hydroxylation is 3. The fourth-order valence-electron chi connectivity index (χ4n) is 2.91. The van der Waals surface area contributed by atoms with E-state index < -0.39 is 0 Å². The van der Waals surface area contributed by atoms with Crippen molar-refractivity contribution in [3.8, 4) is 0 Å². The highest BCUT2D eigenvalue weighted by atomic mass is 32.1. The lowest BCUT2D eigenvalue weighted by molar-refractivity contribution is -0.116. The van der Waals surface area contributed by atoms with Gasteiger partial charge in [-0.2, -0.15) is 0 Å². The first-order valence-electron chi connectivity index (χ1n) is 8.26. The van der Waals surface area contributed by atoms with Crippen LogP contribution in [-0.4, -0.2) is 30.3 Å². The van der Waals surface area contributed by atoms with Gasteiger partial charge in [-0.25, -0.2) is 0 Å². The summed E-state index contributed by atoms with van der Waals surface area (Å²) >= 11 is 1.58. The van der Waals surface area contributed by atoms with Crippen LogP contribution in [0.3, 0.4) is 0 Å². The first kappa shape index (κ1) is 16.7. The van der Waals surface area contributed by atoms with Crippen molar-refractivity contribution in [1.82, 2.24) is 4.90 Å². The van der Waals surface area contributed by atoms with Crippen molar-refractivity contribution in [2.45, 2.75) is 32.6 Å². The number of hydrogen-bond donors (Lipinski definition) is 1. The standard InChI is InChI=1S/C19H22N2O2S/c1-13-7-9-15(10-8-13)20-18(22)12-21(2)19(23)17-11-14-5-3-4-6-16(14)24-17/h7-11H,3-6,12H2,1-2H3,(H,20,22). The van der Waals surface area contributed by atoms with Crippen LogP contribution >= 0.6 is 11.3 Å². The van der Waals surface area contributed by atoms with Gasteiger partial charge in [0.15, 0.2) is 0 Å². The van der Waals surface area contributed by atoms with Crippen molar-refractivity contribution in [2.75, 3.05) is 18.9 Å². The maximum absolute atomic E-state index is 12.6. The zero-order chi connectivity index (χ0) is 17.1. The van der Waals surface area contributed by atoms with E-state index in [1.807, 2.05) is 37.3 Å². The quantitative estimate of drug-likeness (QED) is 0.922. The average Bonchev–Trinajstić information content (AvgIpc) is 3.00. The Balaban J connectivity index is 1.60. The molecule has 2 amide bonds. The molecule has 3 rings (SSSR count). The number of fused-ring (bicyclic) bond motifs is 1. The van der Waals surface area contributed by atoms with Gasteiger partial charge < -0.3 is 10.2 Å². The summed E-state index contributed by atoms with van der Waals surface area (Å²) in [6.45, 7) is 2.05. The molecule has 0 spiro atoms. The van der Waals surface area contributed by atoms with Crippen molar-refractivity contribution in [3.63, 3.8) is 0 Å². The van der Waals surface area contributed by atoms with E-state index >= 15 is 0 Å². The lowest BCUT2D eigenvalue weighted by atomic mass is 9.99. The fourth-order valence-corrected chi connectivity index (χ4v) is 4.16. The van der Waals surface area contributed by atoms with E-state index in [2.05, 4.69) is 5.32 Å². The molecule has 0 saturated carbocycles. The minimum atomic E-state index is -0.184. The third kappa shape index (κ3) is 3.85. The summed E-state index contributed by atoms with van der Waals surface area (Å²) < 4.78 is 0. The third-order valence-corrected chi connectivity index (χ3v) is 5.50. The SMILES string of the molecule is Cc1ccc(NC(=O)CN(C)C(=O)c2cc3c(s2)CCCC3)cc1. The van der Waals surface area contributed by atoms with Gasteiger partial charge in [0.2, 0.25) is 5.91 Å². The van der Waals surface area contributed by atoms with Crippen LogP contribution in [0.5, 0.6) is 0 Å². The zero-order valence-electron chi connectivity index (χ0n) is 14.1. The van der Waals surface area contributed by atoms with Crippen molar-refractivity contribution in [1.29, 1.82) is 0 Å². The molecule has 1 aromatic heterocycles. The molecule has 126 valence electrons. The Kier molecular flexibility index (Phi) is 5.00. The lowest BCUT2D eigenvalue weighted by Crippen LogP contribution is -2.34. The number of thiophene rings is 1. The van der Waals surface area contributed by atoms with E-state index in [4.69, 9.17) is 0 Å². The molecule has 0 radical (unpaired) electrons. The van der Waals surface area contributed by atoms with Crippen molar-refractivity contribution in [3.05, 3.63) is 51.2 Å². The Labute approximate surface area is 146 Å². The Morgan fingerprint density at radius 2 is 1.88 bits per heavy atom. The van der Waals surface area contributed by atoms with E-state index in [-0.39, 0.29) is 18.4 Å². The zero-order valence-corrected chi connectivity index (χ0v) is 14.9. The second kappa shape index (κ2) is 7.18. The fraction of sp³-hybridized carbons (Fsp3) is 0.368. The average molecular weight is 342 g/mol. The van der Waals surface area contributed by atoms with Crippen LogP contribution in [0.25, 0.3) is 0 Å². The minimum absolute atomic E-state index is 0.0509. The van der Waals surface area contributed by atoms with Gasteiger partial charge in [0.1, 0.15) is 0 Å². The van der Waals surface area contributed by atoms with Crippen LogP contribution in [-0.2, 0) is 17.6 Å². The summed E-state index contributed by atoms with van der Waals surface area (Å²) in [4.78, 5) is 28.3. The summed E-state index contributed by atoms with van der Waals surface area (Å²) in [6.07, 6.45) is 4.55. The highest BCUT2D eigenvalue weighted by molar-refractivity contribution is 7.14. The minimum Gasteiger partial charge on any atom is -0.332 e. The number of carbonyl (C=O) groups excluding carboxylic acids is 2. The molecule has 0 bridgehead atoms. The number of nitrogens with one attached hydrogen (secondary N) is 1. The molecular weight excluding hydrogens is 320 g/mol. The largest absolute Gasteiger partial charge is 0.332 e. The Bertz CT molecular complexity index is 726. The lowest BCUT2D eigenvalue weighted by Gasteiger charge is -2.16. The van der Waals surface area contributed by atoms with Gasteiger partial charge >= 0.3 is 0 Å². The second-order valence-corrected chi connectivity index (χ2v) is 7.48. The molecule has 4 nitrogen and oxygen atoms in total. The molecule has 2 aromatic rings. The number of hydrogen-bond acceptors (Lipinski definition) is 3. The van der Waals surface area contributed by atoms with E-state index in [1.165, 1.54) is 28.2 Å². The molecule has 1 N–H and O–H groups in total. The van der Waals surface area contributed by atoms with Gasteiger partial charge in [-0.15, -0.1) is 11.3 Å². The Morgan fingerprint density at radius 3 is 2.58 bits per heavy atom. The van der Waals surface area contributed by atoms with Gasteiger partial charge in [-0.3, -0.25) is 9.59 Å². The third-order valence-electron chi connectivity index (χ3n) is 4.27. The summed E-state index contributed by atoms with van der Waals surface area (Å²) in [5.41, 5.74) is 3.20. The molecule has 0 aliphatic heterocycles. The van der Waals surface area contributed by atoms with E-state index in [9.17, 15) is 9.59 Å². The molecule has 1 aliphatic rings. The molecule has 1 aliphatic carbocycles. The molecule has 0 fully saturated rings. The molecule has 0 atom stereocenters. The molecule has 1 heterocycles. The smallest absolute Gasteiger partial charge is 0.264 e. The summed E-state index contributed by atoms with van der Waals surface area (Å²) in [6, 6.07) is 9.63. The predicted molar refractivity (Wildman–Crippen MR) is 97.7 cm³/mol. The number of nitrogens with zero attached hydrogens (tertiary/aromatic N) is 1. The second-order valence-electron chi connectivity index (χ2n) is 6.34. The molecule has 24 heavy (non-hydrogen) atoms. The normalized spacial score (nSPS) is 13.2. The summed E-state index contributed by atoms with van der Waals surface area (Å²) in [5, 5.41) is 2.83. The number of likely N-dealkylation sites (N-methyl/N-ethyl adjacent to an activating group) is 1. The number of rotatable bonds is 4. The molecular formula is C19H22N2O2S. The monoisotopic (exact) mass is 342 g/mol. The predicted octanol–water partition coefficient (Wildman–Crippen LogP) is 3.65. The van der Waals surface area contributed by atoms with Crippen LogP contribution in [0, 0.1) is 6.92 Å². The number of amides is 2. The number of carbonyl (C=O) groups is 2. The first-order chi connectivity index (χ1) is 11.5. The topological polar surface area (TPSA) is 49.4 Å². The van der Waals surface area contributed by atoms with Gasteiger partial charge in [-0.1, -0.05) is 17.7 Å². The van der Waals surface area contributed by atoms with E-state index in [0.717, 1.165) is 29.0 Å². The molecule has 1 aromatic carbocycles. The maximum atomic E-state index is 12.6. The van der Waals surface area contributed by atoms with Gasteiger partial charge in [0.05, 0.1) is 11.4 Å². The Morgan fingerprint density at radius 1 is 1.17 bits per heavy atom. The van der Waals surface area contributed by atoms with Crippen LogP contribution in [0.1, 0.15) is 38.5 Å². The highest BCUT2D eigenvalue weighted by Crippen LogP contribution is 2.30. The molecule has 0 saturated heterocycles. The van der Waals surface area contributed by atoms with Crippen LogP contribution in [0.4, 0.5) is 5.69 Å². The van der Waals surface area contributed by atoms with Gasteiger partial charge in [0.25, 0.3) is 5.91 Å². The first-order valence-corrected chi connectivity index (χ1v) is 9.08. The summed E-state index contributed by atoms with van der Waals surface area (Å²) in [7, 11) is 1.68. The van der Waals surface area contributed by atoms with Crippen molar-refractivity contribution < 1.29 is 9.59 Å². The van der Waals surface area contributed by atoms with Gasteiger partial charge in [-0.05, 0) is 56.4 Å². The molecule has 5 heteroatoms. The highest BCUT2D eigenvalue weighted by Gasteiger charge is 2.21. The summed E-state index contributed by atoms with van der Waals surface area (Å²) in [5.74, 6) is -0.260. The van der Waals surface area contributed by atoms with Crippen LogP contribution < -0.4 is 5.32 Å². The van der Waals surface area contributed by atoms with Crippen LogP contribution in [0.2, 0.25) is 0 Å². The number of anilines is 1. The maximum Gasteiger partial charge on any atom is 0.264 e. The Hall–Kier alpha value is -2.14. The van der Waals surface area contributed by atoms with Crippen molar-refractivity contribution >= 4 is 28.8 Å².